The summed E-state index contributed by atoms with van der Waals surface area (Å²) in [7, 11) is 0. The Hall–Kier alpha value is -4.02. The molecule has 162 valence electrons. The van der Waals surface area contributed by atoms with Crippen LogP contribution in [0.25, 0.3) is 22.4 Å². The molecule has 2 heterocycles. The number of nitrogens with zero attached hydrogens (tertiary/aromatic N) is 2. The van der Waals surface area contributed by atoms with Crippen molar-refractivity contribution in [1.82, 2.24) is 10.2 Å². The van der Waals surface area contributed by atoms with Gasteiger partial charge in [-0.15, -0.1) is 11.3 Å². The molecular weight excluding hydrogens is 432 g/mol. The molecule has 0 fully saturated rings. The minimum atomic E-state index is -0.578. The number of aryl methyl sites for hydroxylation is 1. The summed E-state index contributed by atoms with van der Waals surface area (Å²) in [5.74, 6) is -0.551. The van der Waals surface area contributed by atoms with E-state index in [2.05, 4.69) is 21.6 Å². The van der Waals surface area contributed by atoms with Gasteiger partial charge < -0.3 is 5.32 Å². The van der Waals surface area contributed by atoms with Gasteiger partial charge >= 0.3 is 0 Å². The molecular formula is C26H20N4O2S. The summed E-state index contributed by atoms with van der Waals surface area (Å²) in [4.78, 5) is 27.6. The highest BCUT2D eigenvalue weighted by Crippen LogP contribution is 2.38. The predicted molar refractivity (Wildman–Crippen MR) is 129 cm³/mol. The van der Waals surface area contributed by atoms with Gasteiger partial charge in [-0.3, -0.25) is 9.59 Å². The van der Waals surface area contributed by atoms with Gasteiger partial charge in [-0.1, -0.05) is 60.7 Å². The van der Waals surface area contributed by atoms with Crippen LogP contribution in [-0.2, 0) is 12.8 Å². The summed E-state index contributed by atoms with van der Waals surface area (Å²) < 4.78 is 0. The molecule has 6 nitrogen and oxygen atoms in total. The van der Waals surface area contributed by atoms with E-state index in [1.165, 1.54) is 11.3 Å². The normalized spacial score (nSPS) is 12.6. The van der Waals surface area contributed by atoms with Crippen LogP contribution in [0.15, 0.2) is 65.5 Å². The van der Waals surface area contributed by atoms with Crippen molar-refractivity contribution < 1.29 is 4.79 Å². The van der Waals surface area contributed by atoms with Crippen LogP contribution in [0.2, 0.25) is 0 Å². The zero-order valence-electron chi connectivity index (χ0n) is 17.7. The van der Waals surface area contributed by atoms with Gasteiger partial charge in [0.05, 0.1) is 11.3 Å². The first-order valence-corrected chi connectivity index (χ1v) is 11.6. The first-order valence-electron chi connectivity index (χ1n) is 10.8. The monoisotopic (exact) mass is 452 g/mol. The molecule has 0 saturated carbocycles. The van der Waals surface area contributed by atoms with E-state index in [0.717, 1.165) is 41.7 Å². The van der Waals surface area contributed by atoms with Crippen molar-refractivity contribution in [1.29, 1.82) is 5.26 Å². The number of anilines is 1. The lowest BCUT2D eigenvalue weighted by Crippen LogP contribution is -2.26. The number of carbonyl (C=O) groups is 1. The second-order valence-corrected chi connectivity index (χ2v) is 8.97. The van der Waals surface area contributed by atoms with Crippen LogP contribution >= 0.6 is 11.3 Å². The average Bonchev–Trinajstić information content (AvgIpc) is 3.21. The molecule has 4 aromatic rings. The number of rotatable bonds is 4. The van der Waals surface area contributed by atoms with Crippen LogP contribution in [-0.4, -0.2) is 16.1 Å². The lowest BCUT2D eigenvalue weighted by atomic mass is 9.95. The lowest BCUT2D eigenvalue weighted by Gasteiger charge is -2.13. The standard InChI is InChI=1S/C26H20N4O2S/c27-15-19-18-13-7-8-14-20(18)33-26(19)28-24(31)22-21(16-9-3-1-4-10-16)23(29-30-25(22)32)17-11-5-2-6-12-17/h1-6,9-12H,7-8,13-14H2,(H,28,31)(H,30,32). The summed E-state index contributed by atoms with van der Waals surface area (Å²) in [6, 6.07) is 21.0. The second kappa shape index (κ2) is 8.85. The van der Waals surface area contributed by atoms with Crippen LogP contribution in [0.1, 0.15) is 39.2 Å². The fourth-order valence-electron chi connectivity index (χ4n) is 4.30. The Labute approximate surface area is 194 Å². The van der Waals surface area contributed by atoms with E-state index < -0.39 is 11.5 Å². The molecule has 0 bridgehead atoms. The Morgan fingerprint density at radius 3 is 2.36 bits per heavy atom. The molecule has 0 unspecified atom stereocenters. The highest BCUT2D eigenvalue weighted by Gasteiger charge is 2.26. The number of aromatic nitrogens is 2. The van der Waals surface area contributed by atoms with Crippen LogP contribution in [0, 0.1) is 11.3 Å². The van der Waals surface area contributed by atoms with Gasteiger partial charge in [0.15, 0.2) is 0 Å². The van der Waals surface area contributed by atoms with E-state index in [1.54, 1.807) is 0 Å². The van der Waals surface area contributed by atoms with Gasteiger partial charge in [-0.25, -0.2) is 5.10 Å². The Morgan fingerprint density at radius 2 is 1.67 bits per heavy atom. The Morgan fingerprint density at radius 1 is 1.00 bits per heavy atom. The summed E-state index contributed by atoms with van der Waals surface area (Å²) >= 11 is 1.44. The number of carbonyl (C=O) groups excluding carboxylic acids is 1. The molecule has 33 heavy (non-hydrogen) atoms. The number of aromatic amines is 1. The van der Waals surface area contributed by atoms with Gasteiger partial charge in [0.25, 0.3) is 11.5 Å². The van der Waals surface area contributed by atoms with Crippen LogP contribution in [0.5, 0.6) is 0 Å². The maximum atomic E-state index is 13.5. The van der Waals surface area contributed by atoms with Crippen LogP contribution < -0.4 is 10.9 Å². The average molecular weight is 453 g/mol. The third-order valence-electron chi connectivity index (χ3n) is 5.83. The van der Waals surface area contributed by atoms with E-state index in [0.29, 0.717) is 27.4 Å². The number of fused-ring (bicyclic) bond motifs is 1. The zero-order valence-corrected chi connectivity index (χ0v) is 18.5. The molecule has 1 amide bonds. The second-order valence-electron chi connectivity index (χ2n) is 7.86. The molecule has 1 aliphatic rings. The molecule has 2 N–H and O–H groups in total. The Balaban J connectivity index is 1.66. The third-order valence-corrected chi connectivity index (χ3v) is 7.04. The smallest absolute Gasteiger partial charge is 0.277 e. The van der Waals surface area contributed by atoms with E-state index in [4.69, 9.17) is 0 Å². The molecule has 7 heteroatoms. The van der Waals surface area contributed by atoms with Crippen molar-refractivity contribution in [2.24, 2.45) is 0 Å². The third kappa shape index (κ3) is 3.86. The van der Waals surface area contributed by atoms with Crippen molar-refractivity contribution in [2.45, 2.75) is 25.7 Å². The maximum absolute atomic E-state index is 13.5. The van der Waals surface area contributed by atoms with Crippen molar-refractivity contribution in [3.63, 3.8) is 0 Å². The number of hydrogen-bond donors (Lipinski definition) is 2. The van der Waals surface area contributed by atoms with Crippen LogP contribution in [0.4, 0.5) is 5.00 Å². The van der Waals surface area contributed by atoms with Crippen molar-refractivity contribution in [3.8, 4) is 28.5 Å². The molecule has 5 rings (SSSR count). The highest BCUT2D eigenvalue weighted by molar-refractivity contribution is 7.16. The molecule has 1 aliphatic carbocycles. The minimum absolute atomic E-state index is 0.0229. The van der Waals surface area contributed by atoms with Crippen molar-refractivity contribution >= 4 is 22.2 Å². The predicted octanol–water partition coefficient (Wildman–Crippen LogP) is 5.17. The highest BCUT2D eigenvalue weighted by atomic mass is 32.1. The summed E-state index contributed by atoms with van der Waals surface area (Å²) in [5.41, 5.74) is 3.41. The topological polar surface area (TPSA) is 98.6 Å². The van der Waals surface area contributed by atoms with Gasteiger partial charge in [-0.2, -0.15) is 10.4 Å². The largest absolute Gasteiger partial charge is 0.312 e. The van der Waals surface area contributed by atoms with Gasteiger partial charge in [-0.05, 0) is 36.8 Å². The van der Waals surface area contributed by atoms with Crippen molar-refractivity contribution in [3.05, 3.63) is 92.6 Å². The molecule has 0 spiro atoms. The summed E-state index contributed by atoms with van der Waals surface area (Å²) in [6.45, 7) is 0. The number of nitriles is 1. The fourth-order valence-corrected chi connectivity index (χ4v) is 5.53. The summed E-state index contributed by atoms with van der Waals surface area (Å²) in [6.07, 6.45) is 3.87. The van der Waals surface area contributed by atoms with Gasteiger partial charge in [0, 0.05) is 16.0 Å². The first-order chi connectivity index (χ1) is 16.2. The van der Waals surface area contributed by atoms with E-state index in [-0.39, 0.29) is 5.56 Å². The SMILES string of the molecule is N#Cc1c(NC(=O)c2c(-c3ccccc3)c(-c3ccccc3)n[nH]c2=O)sc2c1CCCC2. The number of thiophene rings is 1. The molecule has 0 radical (unpaired) electrons. The molecule has 0 saturated heterocycles. The van der Waals surface area contributed by atoms with E-state index >= 15 is 0 Å². The van der Waals surface area contributed by atoms with E-state index in [1.807, 2.05) is 60.7 Å². The molecule has 2 aromatic heterocycles. The molecule has 2 aromatic carbocycles. The van der Waals surface area contributed by atoms with E-state index in [9.17, 15) is 14.9 Å². The number of amides is 1. The van der Waals surface area contributed by atoms with Gasteiger partial charge in [0.2, 0.25) is 0 Å². The van der Waals surface area contributed by atoms with Crippen LogP contribution in [0.3, 0.4) is 0 Å². The lowest BCUT2D eigenvalue weighted by molar-refractivity contribution is 0.102. The zero-order chi connectivity index (χ0) is 22.8. The Bertz CT molecular complexity index is 1430. The molecule has 0 atom stereocenters. The summed E-state index contributed by atoms with van der Waals surface area (Å²) in [5, 5.41) is 19.9. The quantitative estimate of drug-likeness (QED) is 0.446. The first kappa shape index (κ1) is 20.9. The fraction of sp³-hybridized carbons (Fsp3) is 0.154. The number of benzene rings is 2. The maximum Gasteiger partial charge on any atom is 0.277 e. The molecule has 0 aliphatic heterocycles. The van der Waals surface area contributed by atoms with Gasteiger partial charge in [0.1, 0.15) is 16.6 Å². The minimum Gasteiger partial charge on any atom is -0.312 e. The number of H-pyrrole nitrogens is 1. The Kier molecular flexibility index (Phi) is 5.59. The van der Waals surface area contributed by atoms with Crippen molar-refractivity contribution in [2.75, 3.05) is 5.32 Å². The number of hydrogen-bond acceptors (Lipinski definition) is 5. The number of nitrogens with one attached hydrogen (secondary N) is 2.